The van der Waals surface area contributed by atoms with Gasteiger partial charge in [0, 0.05) is 23.5 Å². The first-order valence-corrected chi connectivity index (χ1v) is 5.14. The Labute approximate surface area is 86.4 Å². The maximum absolute atomic E-state index is 5.33. The predicted octanol–water partition coefficient (Wildman–Crippen LogP) is 2.14. The van der Waals surface area contributed by atoms with Crippen molar-refractivity contribution >= 4 is 15.9 Å². The summed E-state index contributed by atoms with van der Waals surface area (Å²) in [6.07, 6.45) is 0. The molecule has 1 fully saturated rings. The highest BCUT2D eigenvalue weighted by Gasteiger charge is 2.21. The number of hydrogen-bond donors (Lipinski definition) is 1. The van der Waals surface area contributed by atoms with Crippen LogP contribution in [0.25, 0.3) is 0 Å². The Morgan fingerprint density at radius 1 is 1.46 bits per heavy atom. The quantitative estimate of drug-likeness (QED) is 0.857. The minimum Gasteiger partial charge on any atom is -0.496 e. The molecular weight excluding hydrogens is 230 g/mol. The standard InChI is InChI=1S/C10H12BrNO/c1-13-10-4-8(11)2-3-9(10)7-5-12-6-7/h2-4,7,12H,5-6H2,1H3. The van der Waals surface area contributed by atoms with Gasteiger partial charge in [0.15, 0.2) is 0 Å². The summed E-state index contributed by atoms with van der Waals surface area (Å²) < 4.78 is 6.40. The van der Waals surface area contributed by atoms with Gasteiger partial charge in [-0.05, 0) is 17.7 Å². The fourth-order valence-electron chi connectivity index (χ4n) is 1.53. The Bertz CT molecular complexity index is 310. The Kier molecular flexibility index (Phi) is 2.56. The molecule has 1 aliphatic heterocycles. The molecule has 0 unspecified atom stereocenters. The zero-order chi connectivity index (χ0) is 9.26. The summed E-state index contributed by atoms with van der Waals surface area (Å²) in [5, 5.41) is 3.26. The van der Waals surface area contributed by atoms with Gasteiger partial charge in [-0.3, -0.25) is 0 Å². The van der Waals surface area contributed by atoms with Crippen molar-refractivity contribution in [3.05, 3.63) is 28.2 Å². The number of hydrogen-bond acceptors (Lipinski definition) is 2. The van der Waals surface area contributed by atoms with E-state index in [1.165, 1.54) is 5.56 Å². The third kappa shape index (κ3) is 1.71. The van der Waals surface area contributed by atoms with Crippen LogP contribution in [0.2, 0.25) is 0 Å². The molecule has 70 valence electrons. The van der Waals surface area contributed by atoms with Crippen LogP contribution < -0.4 is 10.1 Å². The highest BCUT2D eigenvalue weighted by molar-refractivity contribution is 9.10. The van der Waals surface area contributed by atoms with Crippen LogP contribution in [-0.4, -0.2) is 20.2 Å². The molecule has 1 heterocycles. The van der Waals surface area contributed by atoms with Crippen LogP contribution in [-0.2, 0) is 0 Å². The molecule has 0 radical (unpaired) electrons. The second-order valence-electron chi connectivity index (χ2n) is 3.24. The molecule has 2 nitrogen and oxygen atoms in total. The molecule has 0 atom stereocenters. The van der Waals surface area contributed by atoms with E-state index in [0.29, 0.717) is 5.92 Å². The monoisotopic (exact) mass is 241 g/mol. The molecule has 2 rings (SSSR count). The first-order chi connectivity index (χ1) is 6.31. The van der Waals surface area contributed by atoms with Crippen molar-refractivity contribution in [3.63, 3.8) is 0 Å². The lowest BCUT2D eigenvalue weighted by Crippen LogP contribution is -2.40. The van der Waals surface area contributed by atoms with Gasteiger partial charge in [0.1, 0.15) is 5.75 Å². The second-order valence-corrected chi connectivity index (χ2v) is 4.16. The number of rotatable bonds is 2. The van der Waals surface area contributed by atoms with E-state index in [0.717, 1.165) is 23.3 Å². The van der Waals surface area contributed by atoms with Crippen molar-refractivity contribution in [1.29, 1.82) is 0 Å². The summed E-state index contributed by atoms with van der Waals surface area (Å²) in [4.78, 5) is 0. The molecule has 1 N–H and O–H groups in total. The van der Waals surface area contributed by atoms with Gasteiger partial charge in [0.05, 0.1) is 7.11 Å². The first kappa shape index (κ1) is 9.03. The third-order valence-electron chi connectivity index (χ3n) is 2.42. The van der Waals surface area contributed by atoms with Crippen LogP contribution in [0.1, 0.15) is 11.5 Å². The Balaban J connectivity index is 2.32. The van der Waals surface area contributed by atoms with E-state index in [1.807, 2.05) is 6.07 Å². The Morgan fingerprint density at radius 3 is 2.77 bits per heavy atom. The molecule has 0 saturated carbocycles. The van der Waals surface area contributed by atoms with Gasteiger partial charge in [0.2, 0.25) is 0 Å². The SMILES string of the molecule is COc1cc(Br)ccc1C1CNC1. The summed E-state index contributed by atoms with van der Waals surface area (Å²) in [5.41, 5.74) is 1.31. The van der Waals surface area contributed by atoms with Crippen molar-refractivity contribution < 1.29 is 4.74 Å². The van der Waals surface area contributed by atoms with Gasteiger partial charge < -0.3 is 10.1 Å². The summed E-state index contributed by atoms with van der Waals surface area (Å²) >= 11 is 3.43. The fraction of sp³-hybridized carbons (Fsp3) is 0.400. The van der Waals surface area contributed by atoms with Gasteiger partial charge in [-0.1, -0.05) is 22.0 Å². The molecular formula is C10H12BrNO. The van der Waals surface area contributed by atoms with Gasteiger partial charge in [-0.15, -0.1) is 0 Å². The number of benzene rings is 1. The van der Waals surface area contributed by atoms with Crippen LogP contribution in [0.3, 0.4) is 0 Å². The average molecular weight is 242 g/mol. The van der Waals surface area contributed by atoms with Crippen LogP contribution in [0.15, 0.2) is 22.7 Å². The van der Waals surface area contributed by atoms with Crippen LogP contribution in [0.5, 0.6) is 5.75 Å². The largest absolute Gasteiger partial charge is 0.496 e. The van der Waals surface area contributed by atoms with E-state index in [4.69, 9.17) is 4.74 Å². The van der Waals surface area contributed by atoms with Gasteiger partial charge in [0.25, 0.3) is 0 Å². The lowest BCUT2D eigenvalue weighted by atomic mass is 9.93. The van der Waals surface area contributed by atoms with Gasteiger partial charge >= 0.3 is 0 Å². The molecule has 1 aromatic rings. The Hall–Kier alpha value is -0.540. The molecule has 0 bridgehead atoms. The summed E-state index contributed by atoms with van der Waals surface area (Å²) in [6.45, 7) is 2.13. The number of methoxy groups -OCH3 is 1. The van der Waals surface area contributed by atoms with Crippen molar-refractivity contribution in [2.75, 3.05) is 20.2 Å². The number of halogens is 1. The second kappa shape index (κ2) is 3.68. The third-order valence-corrected chi connectivity index (χ3v) is 2.91. The minimum atomic E-state index is 0.628. The summed E-state index contributed by atoms with van der Waals surface area (Å²) in [6, 6.07) is 6.22. The summed E-state index contributed by atoms with van der Waals surface area (Å²) in [7, 11) is 1.72. The molecule has 3 heteroatoms. The topological polar surface area (TPSA) is 21.3 Å². The van der Waals surface area contributed by atoms with Crippen LogP contribution in [0, 0.1) is 0 Å². The highest BCUT2D eigenvalue weighted by atomic mass is 79.9. The normalized spacial score (nSPS) is 16.8. The van der Waals surface area contributed by atoms with Crippen LogP contribution in [0.4, 0.5) is 0 Å². The maximum Gasteiger partial charge on any atom is 0.123 e. The predicted molar refractivity (Wildman–Crippen MR) is 56.3 cm³/mol. The van der Waals surface area contributed by atoms with Crippen LogP contribution >= 0.6 is 15.9 Å². The number of nitrogens with one attached hydrogen (secondary N) is 1. The average Bonchev–Trinajstić information content (AvgIpc) is 2.05. The molecule has 0 spiro atoms. The van der Waals surface area contributed by atoms with E-state index in [1.54, 1.807) is 7.11 Å². The first-order valence-electron chi connectivity index (χ1n) is 4.35. The van der Waals surface area contributed by atoms with E-state index >= 15 is 0 Å². The maximum atomic E-state index is 5.33. The van der Waals surface area contributed by atoms with Crippen molar-refractivity contribution in [3.8, 4) is 5.75 Å². The lowest BCUT2D eigenvalue weighted by Gasteiger charge is -2.28. The van der Waals surface area contributed by atoms with Crippen molar-refractivity contribution in [1.82, 2.24) is 5.32 Å². The molecule has 0 aliphatic carbocycles. The molecule has 0 amide bonds. The van der Waals surface area contributed by atoms with E-state index in [9.17, 15) is 0 Å². The van der Waals surface area contributed by atoms with E-state index in [2.05, 4.69) is 33.4 Å². The lowest BCUT2D eigenvalue weighted by molar-refractivity contribution is 0.385. The highest BCUT2D eigenvalue weighted by Crippen LogP contribution is 2.31. The molecule has 1 aliphatic rings. The fourth-order valence-corrected chi connectivity index (χ4v) is 1.87. The summed E-state index contributed by atoms with van der Waals surface area (Å²) in [5.74, 6) is 1.61. The molecule has 1 saturated heterocycles. The number of ether oxygens (including phenoxy) is 1. The zero-order valence-electron chi connectivity index (χ0n) is 7.51. The van der Waals surface area contributed by atoms with Gasteiger partial charge in [-0.25, -0.2) is 0 Å². The molecule has 1 aromatic carbocycles. The smallest absolute Gasteiger partial charge is 0.123 e. The van der Waals surface area contributed by atoms with Gasteiger partial charge in [-0.2, -0.15) is 0 Å². The molecule has 0 aromatic heterocycles. The van der Waals surface area contributed by atoms with Crippen molar-refractivity contribution in [2.24, 2.45) is 0 Å². The Morgan fingerprint density at radius 2 is 2.23 bits per heavy atom. The molecule has 13 heavy (non-hydrogen) atoms. The minimum absolute atomic E-state index is 0.628. The van der Waals surface area contributed by atoms with E-state index in [-0.39, 0.29) is 0 Å². The van der Waals surface area contributed by atoms with Crippen molar-refractivity contribution in [2.45, 2.75) is 5.92 Å². The van der Waals surface area contributed by atoms with E-state index < -0.39 is 0 Å². The zero-order valence-corrected chi connectivity index (χ0v) is 9.10.